The zero-order valence-corrected chi connectivity index (χ0v) is 26.3. The molecule has 44 heavy (non-hydrogen) atoms. The molecule has 0 aromatic heterocycles. The van der Waals surface area contributed by atoms with E-state index in [1.165, 1.54) is 29.2 Å². The second kappa shape index (κ2) is 14.3. The monoisotopic (exact) mass is 615 g/mol. The molecule has 7 nitrogen and oxygen atoms in total. The van der Waals surface area contributed by atoms with Crippen molar-refractivity contribution >= 4 is 27.5 Å². The third-order valence-electron chi connectivity index (χ3n) is 7.27. The fraction of sp³-hybridized carbons (Fsp3) is 0.257. The summed E-state index contributed by atoms with van der Waals surface area (Å²) in [5, 5.41) is 2.83. The first-order valence-electron chi connectivity index (χ1n) is 14.5. The predicted molar refractivity (Wildman–Crippen MR) is 171 cm³/mol. The summed E-state index contributed by atoms with van der Waals surface area (Å²) in [4.78, 5) is 29.4. The number of carbonyl (C=O) groups is 2. The number of halogens is 1. The van der Waals surface area contributed by atoms with Gasteiger partial charge in [-0.1, -0.05) is 66.2 Å². The van der Waals surface area contributed by atoms with Crippen LogP contribution in [0.25, 0.3) is 0 Å². The van der Waals surface area contributed by atoms with Crippen LogP contribution in [0.3, 0.4) is 0 Å². The fourth-order valence-corrected chi connectivity index (χ4v) is 6.49. The predicted octanol–water partition coefficient (Wildman–Crippen LogP) is 5.72. The van der Waals surface area contributed by atoms with Crippen molar-refractivity contribution < 1.29 is 22.4 Å². The second-order valence-corrected chi connectivity index (χ2v) is 12.8. The molecule has 4 aromatic carbocycles. The maximum absolute atomic E-state index is 14.4. The number of amides is 2. The smallest absolute Gasteiger partial charge is 0.264 e. The van der Waals surface area contributed by atoms with Crippen LogP contribution < -0.4 is 9.62 Å². The van der Waals surface area contributed by atoms with E-state index < -0.39 is 34.3 Å². The Bertz CT molecular complexity index is 1670. The minimum atomic E-state index is -4.19. The third-order valence-corrected chi connectivity index (χ3v) is 9.06. The summed E-state index contributed by atoms with van der Waals surface area (Å²) in [5.74, 6) is -1.37. The topological polar surface area (TPSA) is 86.8 Å². The molecule has 2 amide bonds. The molecular weight excluding hydrogens is 577 g/mol. The van der Waals surface area contributed by atoms with Crippen molar-refractivity contribution in [1.82, 2.24) is 10.2 Å². The van der Waals surface area contributed by atoms with Gasteiger partial charge in [0.05, 0.1) is 10.6 Å². The highest BCUT2D eigenvalue weighted by atomic mass is 32.2. The van der Waals surface area contributed by atoms with Crippen LogP contribution >= 0.6 is 0 Å². The Morgan fingerprint density at radius 2 is 1.41 bits per heavy atom. The summed E-state index contributed by atoms with van der Waals surface area (Å²) in [6.45, 7) is 7.15. The van der Waals surface area contributed by atoms with Crippen LogP contribution in [0.15, 0.2) is 102 Å². The second-order valence-electron chi connectivity index (χ2n) is 10.9. The van der Waals surface area contributed by atoms with Crippen molar-refractivity contribution in [3.63, 3.8) is 0 Å². The van der Waals surface area contributed by atoms with Gasteiger partial charge in [-0.3, -0.25) is 13.9 Å². The molecule has 0 radical (unpaired) electrons. The number of rotatable bonds is 12. The Morgan fingerprint density at radius 3 is 2.00 bits per heavy atom. The molecule has 0 aliphatic carbocycles. The molecule has 9 heteroatoms. The van der Waals surface area contributed by atoms with E-state index in [4.69, 9.17) is 0 Å². The van der Waals surface area contributed by atoms with Gasteiger partial charge in [0.15, 0.2) is 0 Å². The number of benzene rings is 4. The maximum atomic E-state index is 14.4. The van der Waals surface area contributed by atoms with E-state index in [-0.39, 0.29) is 23.8 Å². The zero-order valence-electron chi connectivity index (χ0n) is 25.5. The number of likely N-dealkylation sites (N-methyl/N-ethyl adjacent to an activating group) is 1. The summed E-state index contributed by atoms with van der Waals surface area (Å²) in [7, 11) is -4.19. The number of carbonyl (C=O) groups excluding carboxylic acids is 2. The molecule has 0 fully saturated rings. The molecule has 0 spiro atoms. The van der Waals surface area contributed by atoms with E-state index in [1.54, 1.807) is 43.3 Å². The van der Waals surface area contributed by atoms with Gasteiger partial charge in [0.2, 0.25) is 11.8 Å². The van der Waals surface area contributed by atoms with Crippen LogP contribution in [0.5, 0.6) is 0 Å². The molecule has 4 rings (SSSR count). The summed E-state index contributed by atoms with van der Waals surface area (Å²) >= 11 is 0. The average Bonchev–Trinajstić information content (AvgIpc) is 2.98. The van der Waals surface area contributed by atoms with E-state index in [0.717, 1.165) is 26.6 Å². The molecule has 0 bridgehead atoms. The van der Waals surface area contributed by atoms with Crippen molar-refractivity contribution in [3.8, 4) is 0 Å². The molecule has 0 heterocycles. The van der Waals surface area contributed by atoms with Gasteiger partial charge < -0.3 is 10.2 Å². The van der Waals surface area contributed by atoms with Gasteiger partial charge in [0, 0.05) is 19.5 Å². The molecular formula is C35H38FN3O4S. The number of hydrogen-bond acceptors (Lipinski definition) is 4. The number of hydrogen-bond donors (Lipinski definition) is 1. The van der Waals surface area contributed by atoms with Crippen molar-refractivity contribution in [2.75, 3.05) is 17.4 Å². The minimum Gasteiger partial charge on any atom is -0.355 e. The van der Waals surface area contributed by atoms with E-state index >= 15 is 0 Å². The Balaban J connectivity index is 1.81. The summed E-state index contributed by atoms with van der Waals surface area (Å²) in [6.07, 6.45) is 0.202. The molecule has 230 valence electrons. The van der Waals surface area contributed by atoms with Gasteiger partial charge in [0.1, 0.15) is 18.4 Å². The van der Waals surface area contributed by atoms with Gasteiger partial charge in [-0.15, -0.1) is 0 Å². The van der Waals surface area contributed by atoms with E-state index in [0.29, 0.717) is 17.8 Å². The number of anilines is 1. The van der Waals surface area contributed by atoms with Crippen LogP contribution in [-0.2, 0) is 32.6 Å². The molecule has 0 saturated carbocycles. The van der Waals surface area contributed by atoms with Crippen LogP contribution in [-0.4, -0.2) is 44.3 Å². The lowest BCUT2D eigenvalue weighted by molar-refractivity contribution is -0.140. The maximum Gasteiger partial charge on any atom is 0.264 e. The molecule has 0 unspecified atom stereocenters. The van der Waals surface area contributed by atoms with E-state index in [2.05, 4.69) is 5.32 Å². The van der Waals surface area contributed by atoms with Gasteiger partial charge >= 0.3 is 0 Å². The quantitative estimate of drug-likeness (QED) is 0.221. The van der Waals surface area contributed by atoms with Crippen molar-refractivity contribution in [3.05, 3.63) is 131 Å². The highest BCUT2D eigenvalue weighted by Gasteiger charge is 2.34. The molecule has 0 aliphatic rings. The highest BCUT2D eigenvalue weighted by molar-refractivity contribution is 7.92. The highest BCUT2D eigenvalue weighted by Crippen LogP contribution is 2.27. The standard InChI is InChI=1S/C35H38FN3O4S/c1-5-37-35(41)33(22-28-9-7-6-8-10-28)38(23-29-13-15-30(36)16-14-29)34(40)24-39(31-20-26(3)19-27(4)21-31)44(42,43)32-17-11-25(2)12-18-32/h6-21,33H,5,22-24H2,1-4H3,(H,37,41)/t33-/m1/s1. The molecule has 4 aromatic rings. The number of sulfonamides is 1. The largest absolute Gasteiger partial charge is 0.355 e. The first-order chi connectivity index (χ1) is 21.0. The van der Waals surface area contributed by atoms with Crippen molar-refractivity contribution in [2.24, 2.45) is 0 Å². The molecule has 1 atom stereocenters. The molecule has 0 aliphatic heterocycles. The van der Waals surface area contributed by atoms with E-state index in [1.807, 2.05) is 57.2 Å². The van der Waals surface area contributed by atoms with Crippen LogP contribution in [0.1, 0.15) is 34.7 Å². The average molecular weight is 616 g/mol. The normalized spacial score (nSPS) is 11.9. The summed E-state index contributed by atoms with van der Waals surface area (Å²) < 4.78 is 43.2. The van der Waals surface area contributed by atoms with Crippen LogP contribution in [0, 0.1) is 26.6 Å². The summed E-state index contributed by atoms with van der Waals surface area (Å²) in [6, 6.07) is 25.9. The molecule has 1 N–H and O–H groups in total. The fourth-order valence-electron chi connectivity index (χ4n) is 5.09. The third kappa shape index (κ3) is 8.11. The lowest BCUT2D eigenvalue weighted by atomic mass is 10.0. The number of aryl methyl sites for hydroxylation is 3. The number of nitrogens with zero attached hydrogens (tertiary/aromatic N) is 2. The van der Waals surface area contributed by atoms with Gasteiger partial charge in [-0.05, 0) is 86.3 Å². The van der Waals surface area contributed by atoms with Gasteiger partial charge in [-0.25, -0.2) is 12.8 Å². The first-order valence-corrected chi connectivity index (χ1v) is 15.9. The van der Waals surface area contributed by atoms with Crippen LogP contribution in [0.4, 0.5) is 10.1 Å². The van der Waals surface area contributed by atoms with Crippen LogP contribution in [0.2, 0.25) is 0 Å². The Kier molecular flexibility index (Phi) is 10.5. The Hall–Kier alpha value is -4.50. The van der Waals surface area contributed by atoms with E-state index in [9.17, 15) is 22.4 Å². The van der Waals surface area contributed by atoms with Crippen molar-refractivity contribution in [2.45, 2.75) is 51.6 Å². The van der Waals surface area contributed by atoms with Gasteiger partial charge in [-0.2, -0.15) is 0 Å². The first kappa shape index (κ1) is 32.4. The summed E-state index contributed by atoms with van der Waals surface area (Å²) in [5.41, 5.74) is 4.35. The Morgan fingerprint density at radius 1 is 0.795 bits per heavy atom. The SMILES string of the molecule is CCNC(=O)[C@@H](Cc1ccccc1)N(Cc1ccc(F)cc1)C(=O)CN(c1cc(C)cc(C)c1)S(=O)(=O)c1ccc(C)cc1. The lowest BCUT2D eigenvalue weighted by Crippen LogP contribution is -2.53. The lowest BCUT2D eigenvalue weighted by Gasteiger charge is -2.34. The van der Waals surface area contributed by atoms with Crippen molar-refractivity contribution in [1.29, 1.82) is 0 Å². The number of nitrogens with one attached hydrogen (secondary N) is 1. The Labute approximate surface area is 259 Å². The minimum absolute atomic E-state index is 0.0288. The van der Waals surface area contributed by atoms with Gasteiger partial charge in [0.25, 0.3) is 10.0 Å². The zero-order chi connectivity index (χ0) is 31.9. The molecule has 0 saturated heterocycles.